The number of nitrogens with one attached hydrogen (secondary N) is 1. The number of hydrogen-bond acceptors (Lipinski definition) is 5. The normalized spacial score (nSPS) is 11.2. The van der Waals surface area contributed by atoms with Crippen molar-refractivity contribution in [3.63, 3.8) is 0 Å². The number of hydrogen-bond donors (Lipinski definition) is 1. The van der Waals surface area contributed by atoms with Crippen LogP contribution in [0.2, 0.25) is 10.0 Å². The van der Waals surface area contributed by atoms with Crippen LogP contribution in [0.25, 0.3) is 0 Å². The molecule has 10 heteroatoms. The molecule has 34 heavy (non-hydrogen) atoms. The molecule has 0 radical (unpaired) electrons. The van der Waals surface area contributed by atoms with Gasteiger partial charge in [-0.1, -0.05) is 54.1 Å². The third-order valence-corrected chi connectivity index (χ3v) is 6.63. The molecule has 0 atom stereocenters. The van der Waals surface area contributed by atoms with E-state index < -0.39 is 22.5 Å². The number of nitrogens with zero attached hydrogens (tertiary/aromatic N) is 2. The molecule has 0 aromatic heterocycles. The summed E-state index contributed by atoms with van der Waals surface area (Å²) in [7, 11) is -4.09. The highest BCUT2D eigenvalue weighted by Crippen LogP contribution is 2.29. The lowest BCUT2D eigenvalue weighted by Crippen LogP contribution is -2.39. The van der Waals surface area contributed by atoms with Crippen LogP contribution in [-0.4, -0.2) is 33.7 Å². The third kappa shape index (κ3) is 6.84. The average Bonchev–Trinajstić information content (AvgIpc) is 2.82. The summed E-state index contributed by atoms with van der Waals surface area (Å²) in [6.07, 6.45) is 3.07. The van der Waals surface area contributed by atoms with E-state index in [-0.39, 0.29) is 20.6 Å². The van der Waals surface area contributed by atoms with E-state index in [0.29, 0.717) is 17.9 Å². The van der Waals surface area contributed by atoms with Crippen LogP contribution < -0.4 is 14.5 Å². The molecular weight excluding hydrogens is 497 g/mol. The molecule has 0 aliphatic carbocycles. The molecule has 0 fully saturated rings. The van der Waals surface area contributed by atoms with Crippen molar-refractivity contribution in [3.8, 4) is 5.75 Å². The van der Waals surface area contributed by atoms with Gasteiger partial charge >= 0.3 is 0 Å². The predicted octanol–water partition coefficient (Wildman–Crippen LogP) is 4.90. The number of rotatable bonds is 10. The summed E-state index contributed by atoms with van der Waals surface area (Å²) in [6, 6.07) is 19.1. The summed E-state index contributed by atoms with van der Waals surface area (Å²) < 4.78 is 32.9. The van der Waals surface area contributed by atoms with E-state index >= 15 is 0 Å². The van der Waals surface area contributed by atoms with E-state index in [9.17, 15) is 13.2 Å². The highest BCUT2D eigenvalue weighted by molar-refractivity contribution is 7.92. The zero-order valence-corrected chi connectivity index (χ0v) is 20.2. The first-order valence-corrected chi connectivity index (χ1v) is 12.2. The molecule has 0 aliphatic heterocycles. The lowest BCUT2D eigenvalue weighted by molar-refractivity contribution is -0.119. The van der Waals surface area contributed by atoms with Gasteiger partial charge in [0.15, 0.2) is 0 Å². The number of amides is 1. The maximum atomic E-state index is 13.3. The number of benzene rings is 3. The Balaban J connectivity index is 1.77. The van der Waals surface area contributed by atoms with E-state index in [2.05, 4.69) is 17.1 Å². The fourth-order valence-electron chi connectivity index (χ4n) is 2.87. The van der Waals surface area contributed by atoms with E-state index in [0.717, 1.165) is 4.31 Å². The molecular formula is C24H21Cl2N3O4S. The van der Waals surface area contributed by atoms with E-state index in [4.69, 9.17) is 27.9 Å². The molecule has 0 unspecified atom stereocenters. The van der Waals surface area contributed by atoms with Gasteiger partial charge in [-0.3, -0.25) is 9.10 Å². The number of sulfonamides is 1. The predicted molar refractivity (Wildman–Crippen MR) is 135 cm³/mol. The Hall–Kier alpha value is -3.33. The van der Waals surface area contributed by atoms with Crippen LogP contribution in [-0.2, 0) is 14.8 Å². The molecule has 0 bridgehead atoms. The Kier molecular flexibility index (Phi) is 8.70. The van der Waals surface area contributed by atoms with Gasteiger partial charge in [-0.05, 0) is 60.2 Å². The summed E-state index contributed by atoms with van der Waals surface area (Å²) in [5.41, 5.74) is 3.21. The molecule has 0 heterocycles. The van der Waals surface area contributed by atoms with E-state index in [1.54, 1.807) is 48.5 Å². The lowest BCUT2D eigenvalue weighted by Gasteiger charge is -2.24. The zero-order valence-electron chi connectivity index (χ0n) is 17.9. The second kappa shape index (κ2) is 11.7. The monoisotopic (exact) mass is 517 g/mol. The van der Waals surface area contributed by atoms with Crippen molar-refractivity contribution in [1.82, 2.24) is 5.43 Å². The molecule has 1 N–H and O–H groups in total. The van der Waals surface area contributed by atoms with Crippen LogP contribution in [0.1, 0.15) is 5.56 Å². The number of carbonyl (C=O) groups is 1. The maximum Gasteiger partial charge on any atom is 0.264 e. The Morgan fingerprint density at radius 2 is 1.68 bits per heavy atom. The van der Waals surface area contributed by atoms with Crippen molar-refractivity contribution < 1.29 is 17.9 Å². The van der Waals surface area contributed by atoms with Crippen LogP contribution in [0.3, 0.4) is 0 Å². The van der Waals surface area contributed by atoms with Crippen LogP contribution in [0, 0.1) is 0 Å². The Labute approximate surface area is 208 Å². The minimum absolute atomic E-state index is 0.0150. The summed E-state index contributed by atoms with van der Waals surface area (Å²) in [5.74, 6) is 0.0146. The summed E-state index contributed by atoms with van der Waals surface area (Å²) in [5, 5.41) is 4.38. The van der Waals surface area contributed by atoms with Gasteiger partial charge in [-0.25, -0.2) is 13.8 Å². The van der Waals surface area contributed by atoms with E-state index in [1.807, 2.05) is 0 Å². The SMILES string of the molecule is C=CCOc1ccc(/C=N\NC(=O)CN(c2cc(Cl)cc(Cl)c2)S(=O)(=O)c2ccccc2)cc1. The lowest BCUT2D eigenvalue weighted by atomic mass is 10.2. The van der Waals surface area contributed by atoms with Gasteiger partial charge in [0, 0.05) is 10.0 Å². The third-order valence-electron chi connectivity index (χ3n) is 4.40. The smallest absolute Gasteiger partial charge is 0.264 e. The maximum absolute atomic E-state index is 13.3. The molecule has 0 spiro atoms. The van der Waals surface area contributed by atoms with Crippen molar-refractivity contribution >= 4 is 51.0 Å². The standard InChI is InChI=1S/C24H21Cl2N3O4S/c1-2-12-33-22-10-8-18(9-11-22)16-27-28-24(30)17-29(21-14-19(25)13-20(26)15-21)34(31,32)23-6-4-3-5-7-23/h2-11,13-16H,1,12,17H2,(H,28,30)/b27-16-. The molecule has 3 rings (SSSR count). The summed E-state index contributed by atoms with van der Waals surface area (Å²) in [4.78, 5) is 12.6. The highest BCUT2D eigenvalue weighted by atomic mass is 35.5. The molecule has 3 aromatic carbocycles. The van der Waals surface area contributed by atoms with Crippen LogP contribution in [0.15, 0.2) is 95.4 Å². The van der Waals surface area contributed by atoms with Gasteiger partial charge in [-0.2, -0.15) is 5.10 Å². The Morgan fingerprint density at radius 1 is 1.03 bits per heavy atom. The van der Waals surface area contributed by atoms with E-state index in [1.165, 1.54) is 36.5 Å². The summed E-state index contributed by atoms with van der Waals surface area (Å²) in [6.45, 7) is 3.44. The number of ether oxygens (including phenoxy) is 1. The van der Waals surface area contributed by atoms with Crippen LogP contribution in [0.5, 0.6) is 5.75 Å². The van der Waals surface area contributed by atoms with Crippen LogP contribution in [0.4, 0.5) is 5.69 Å². The molecule has 7 nitrogen and oxygen atoms in total. The van der Waals surface area contributed by atoms with Gasteiger partial charge in [0.05, 0.1) is 16.8 Å². The first-order chi connectivity index (χ1) is 16.3. The Bertz CT molecular complexity index is 1260. The number of halogens is 2. The van der Waals surface area contributed by atoms with Crippen molar-refractivity contribution in [2.75, 3.05) is 17.5 Å². The first-order valence-electron chi connectivity index (χ1n) is 9.99. The number of carbonyl (C=O) groups excluding carboxylic acids is 1. The molecule has 0 saturated carbocycles. The average molecular weight is 518 g/mol. The van der Waals surface area contributed by atoms with Crippen LogP contribution >= 0.6 is 23.2 Å². The van der Waals surface area contributed by atoms with Gasteiger partial charge < -0.3 is 4.74 Å². The van der Waals surface area contributed by atoms with Crippen molar-refractivity contribution in [2.24, 2.45) is 5.10 Å². The van der Waals surface area contributed by atoms with Gasteiger partial charge in [-0.15, -0.1) is 0 Å². The second-order valence-electron chi connectivity index (χ2n) is 6.91. The molecule has 1 amide bonds. The minimum atomic E-state index is -4.09. The minimum Gasteiger partial charge on any atom is -0.490 e. The van der Waals surface area contributed by atoms with Gasteiger partial charge in [0.1, 0.15) is 18.9 Å². The fraction of sp³-hybridized carbons (Fsp3) is 0.0833. The van der Waals surface area contributed by atoms with Gasteiger partial charge in [0.25, 0.3) is 15.9 Å². The van der Waals surface area contributed by atoms with Crippen molar-refractivity contribution in [2.45, 2.75) is 4.90 Å². The largest absolute Gasteiger partial charge is 0.490 e. The molecule has 0 saturated heterocycles. The Morgan fingerprint density at radius 3 is 2.29 bits per heavy atom. The fourth-order valence-corrected chi connectivity index (χ4v) is 4.81. The number of hydrazone groups is 1. The molecule has 3 aromatic rings. The number of anilines is 1. The molecule has 176 valence electrons. The quantitative estimate of drug-likeness (QED) is 0.235. The summed E-state index contributed by atoms with van der Waals surface area (Å²) >= 11 is 12.1. The van der Waals surface area contributed by atoms with Crippen molar-refractivity contribution in [1.29, 1.82) is 0 Å². The van der Waals surface area contributed by atoms with Crippen molar-refractivity contribution in [3.05, 3.63) is 101 Å². The second-order valence-corrected chi connectivity index (χ2v) is 9.65. The first kappa shape index (κ1) is 25.3. The van der Waals surface area contributed by atoms with Gasteiger partial charge in [0.2, 0.25) is 0 Å². The topological polar surface area (TPSA) is 88.1 Å². The highest BCUT2D eigenvalue weighted by Gasteiger charge is 2.27. The molecule has 0 aliphatic rings. The zero-order chi connectivity index (χ0) is 24.6.